The molecule has 1 aliphatic carbocycles. The van der Waals surface area contributed by atoms with Gasteiger partial charge in [0.25, 0.3) is 5.91 Å². The zero-order valence-corrected chi connectivity index (χ0v) is 14.9. The van der Waals surface area contributed by atoms with Gasteiger partial charge in [-0.25, -0.2) is 5.43 Å². The number of aryl methyl sites for hydroxylation is 1. The van der Waals surface area contributed by atoms with E-state index in [0.29, 0.717) is 17.7 Å². The maximum absolute atomic E-state index is 12.3. The van der Waals surface area contributed by atoms with Crippen LogP contribution in [0.4, 0.5) is 5.69 Å². The molecule has 3 rings (SSSR count). The van der Waals surface area contributed by atoms with E-state index >= 15 is 0 Å². The number of hydrogen-bond donors (Lipinski definition) is 2. The van der Waals surface area contributed by atoms with Crippen LogP contribution in [-0.4, -0.2) is 17.5 Å². The van der Waals surface area contributed by atoms with E-state index in [0.717, 1.165) is 37.0 Å². The molecule has 1 aliphatic rings. The topological polar surface area (TPSA) is 70.6 Å². The second-order valence-electron chi connectivity index (χ2n) is 6.39. The third kappa shape index (κ3) is 4.36. The van der Waals surface area contributed by atoms with Gasteiger partial charge in [-0.1, -0.05) is 31.2 Å². The highest BCUT2D eigenvalue weighted by Crippen LogP contribution is 2.21. The Balaban J connectivity index is 1.65. The minimum atomic E-state index is -0.257. The Hall–Kier alpha value is -2.95. The lowest BCUT2D eigenvalue weighted by atomic mass is 9.90. The standard InChI is InChI=1S/C21H23N3O2/c1-2-6-20(25)22-17-13-11-16(12-14-17)21(26)24-23-19-10-5-8-15-7-3-4-9-18(15)19/h3-4,7,9,11-14H,2,5-6,8,10H2,1H3,(H,22,25)(H,24,26)/b23-19+. The van der Waals surface area contributed by atoms with Gasteiger partial charge in [-0.15, -0.1) is 0 Å². The van der Waals surface area contributed by atoms with E-state index in [2.05, 4.69) is 21.9 Å². The predicted molar refractivity (Wildman–Crippen MR) is 103 cm³/mol. The highest BCUT2D eigenvalue weighted by molar-refractivity contribution is 6.04. The van der Waals surface area contributed by atoms with Crippen LogP contribution in [0.25, 0.3) is 0 Å². The number of nitrogens with zero attached hydrogens (tertiary/aromatic N) is 1. The van der Waals surface area contributed by atoms with Gasteiger partial charge in [0.2, 0.25) is 5.91 Å². The molecule has 0 heterocycles. The van der Waals surface area contributed by atoms with E-state index in [-0.39, 0.29) is 11.8 Å². The molecule has 134 valence electrons. The van der Waals surface area contributed by atoms with Crippen LogP contribution >= 0.6 is 0 Å². The Bertz CT molecular complexity index is 825. The molecule has 0 unspecified atom stereocenters. The van der Waals surface area contributed by atoms with Gasteiger partial charge in [0, 0.05) is 23.2 Å². The van der Waals surface area contributed by atoms with Crippen LogP contribution in [0.2, 0.25) is 0 Å². The zero-order chi connectivity index (χ0) is 18.4. The van der Waals surface area contributed by atoms with Crippen molar-refractivity contribution in [2.45, 2.75) is 39.0 Å². The number of benzene rings is 2. The van der Waals surface area contributed by atoms with Crippen LogP contribution in [0.15, 0.2) is 53.6 Å². The summed E-state index contributed by atoms with van der Waals surface area (Å²) in [7, 11) is 0. The molecule has 0 atom stereocenters. The Labute approximate surface area is 153 Å². The maximum Gasteiger partial charge on any atom is 0.271 e. The van der Waals surface area contributed by atoms with Gasteiger partial charge in [0.05, 0.1) is 5.71 Å². The summed E-state index contributed by atoms with van der Waals surface area (Å²) >= 11 is 0. The van der Waals surface area contributed by atoms with Gasteiger partial charge in [-0.05, 0) is 55.5 Å². The number of nitrogens with one attached hydrogen (secondary N) is 2. The fourth-order valence-electron chi connectivity index (χ4n) is 3.06. The largest absolute Gasteiger partial charge is 0.326 e. The summed E-state index contributed by atoms with van der Waals surface area (Å²) in [6, 6.07) is 15.0. The summed E-state index contributed by atoms with van der Waals surface area (Å²) in [5.74, 6) is -0.279. The van der Waals surface area contributed by atoms with Crippen molar-refractivity contribution in [3.8, 4) is 0 Å². The van der Waals surface area contributed by atoms with Crippen molar-refractivity contribution in [2.75, 3.05) is 5.32 Å². The van der Waals surface area contributed by atoms with Gasteiger partial charge in [0.1, 0.15) is 0 Å². The molecule has 26 heavy (non-hydrogen) atoms. The second kappa shape index (κ2) is 8.43. The molecule has 0 spiro atoms. The monoisotopic (exact) mass is 349 g/mol. The lowest BCUT2D eigenvalue weighted by Crippen LogP contribution is -2.22. The molecule has 0 aromatic heterocycles. The first-order valence-corrected chi connectivity index (χ1v) is 9.02. The van der Waals surface area contributed by atoms with Gasteiger partial charge in [-0.2, -0.15) is 5.10 Å². The first-order chi connectivity index (χ1) is 12.7. The smallest absolute Gasteiger partial charge is 0.271 e. The number of hydrogen-bond acceptors (Lipinski definition) is 3. The average Bonchev–Trinajstić information content (AvgIpc) is 2.67. The third-order valence-corrected chi connectivity index (χ3v) is 4.39. The molecule has 2 amide bonds. The molecule has 2 aromatic carbocycles. The molecule has 0 saturated heterocycles. The molecular weight excluding hydrogens is 326 g/mol. The minimum Gasteiger partial charge on any atom is -0.326 e. The van der Waals surface area contributed by atoms with Crippen molar-refractivity contribution < 1.29 is 9.59 Å². The van der Waals surface area contributed by atoms with Crippen LogP contribution in [0.3, 0.4) is 0 Å². The van der Waals surface area contributed by atoms with Crippen molar-refractivity contribution in [1.82, 2.24) is 5.43 Å². The molecule has 0 aliphatic heterocycles. The van der Waals surface area contributed by atoms with Crippen LogP contribution in [-0.2, 0) is 11.2 Å². The van der Waals surface area contributed by atoms with Gasteiger partial charge in [0.15, 0.2) is 0 Å². The van der Waals surface area contributed by atoms with Crippen LogP contribution in [0.5, 0.6) is 0 Å². The lowest BCUT2D eigenvalue weighted by molar-refractivity contribution is -0.116. The molecule has 0 saturated carbocycles. The summed E-state index contributed by atoms with van der Waals surface area (Å²) in [5.41, 5.74) is 7.16. The summed E-state index contributed by atoms with van der Waals surface area (Å²) < 4.78 is 0. The molecule has 2 N–H and O–H groups in total. The Morgan fingerprint density at radius 1 is 1.04 bits per heavy atom. The number of rotatable bonds is 5. The first kappa shape index (κ1) is 17.9. The van der Waals surface area contributed by atoms with Crippen molar-refractivity contribution >= 4 is 23.2 Å². The first-order valence-electron chi connectivity index (χ1n) is 9.02. The Kier molecular flexibility index (Phi) is 5.79. The summed E-state index contributed by atoms with van der Waals surface area (Å²) in [5, 5.41) is 7.15. The molecule has 5 nitrogen and oxygen atoms in total. The van der Waals surface area contributed by atoms with E-state index in [1.165, 1.54) is 5.56 Å². The van der Waals surface area contributed by atoms with E-state index in [1.54, 1.807) is 24.3 Å². The van der Waals surface area contributed by atoms with Gasteiger partial charge in [-0.3, -0.25) is 9.59 Å². The number of carbonyl (C=O) groups excluding carboxylic acids is 2. The van der Waals surface area contributed by atoms with Crippen LogP contribution in [0, 0.1) is 0 Å². The zero-order valence-electron chi connectivity index (χ0n) is 14.9. The van der Waals surface area contributed by atoms with Crippen LogP contribution in [0.1, 0.15) is 54.1 Å². The number of carbonyl (C=O) groups is 2. The number of amides is 2. The fraction of sp³-hybridized carbons (Fsp3) is 0.286. The highest BCUT2D eigenvalue weighted by atomic mass is 16.2. The van der Waals surface area contributed by atoms with Crippen molar-refractivity contribution in [3.05, 3.63) is 65.2 Å². The van der Waals surface area contributed by atoms with Crippen molar-refractivity contribution in [1.29, 1.82) is 0 Å². The predicted octanol–water partition coefficient (Wildman–Crippen LogP) is 3.90. The quantitative estimate of drug-likeness (QED) is 0.804. The molecule has 0 radical (unpaired) electrons. The van der Waals surface area contributed by atoms with Gasteiger partial charge < -0.3 is 5.32 Å². The van der Waals surface area contributed by atoms with Crippen LogP contribution < -0.4 is 10.7 Å². The molecule has 0 fully saturated rings. The minimum absolute atomic E-state index is 0.0212. The normalized spacial score (nSPS) is 14.6. The van der Waals surface area contributed by atoms with Crippen molar-refractivity contribution in [2.24, 2.45) is 5.10 Å². The second-order valence-corrected chi connectivity index (χ2v) is 6.39. The number of fused-ring (bicyclic) bond motifs is 1. The Morgan fingerprint density at radius 3 is 2.58 bits per heavy atom. The van der Waals surface area contributed by atoms with E-state index < -0.39 is 0 Å². The lowest BCUT2D eigenvalue weighted by Gasteiger charge is -2.17. The summed E-state index contributed by atoms with van der Waals surface area (Å²) in [4.78, 5) is 23.9. The number of hydrazone groups is 1. The third-order valence-electron chi connectivity index (χ3n) is 4.39. The SMILES string of the molecule is CCCC(=O)Nc1ccc(C(=O)N/N=C2\CCCc3ccccc32)cc1. The molecule has 2 aromatic rings. The average molecular weight is 349 g/mol. The maximum atomic E-state index is 12.3. The Morgan fingerprint density at radius 2 is 1.81 bits per heavy atom. The van der Waals surface area contributed by atoms with E-state index in [1.807, 2.05) is 25.1 Å². The van der Waals surface area contributed by atoms with Gasteiger partial charge >= 0.3 is 0 Å². The molecule has 0 bridgehead atoms. The summed E-state index contributed by atoms with van der Waals surface area (Å²) in [6.07, 6.45) is 4.24. The van der Waals surface area contributed by atoms with E-state index in [4.69, 9.17) is 0 Å². The number of anilines is 1. The van der Waals surface area contributed by atoms with Crippen molar-refractivity contribution in [3.63, 3.8) is 0 Å². The summed E-state index contributed by atoms with van der Waals surface area (Å²) in [6.45, 7) is 1.96. The van der Waals surface area contributed by atoms with E-state index in [9.17, 15) is 9.59 Å². The molecular formula is C21H23N3O2. The fourth-order valence-corrected chi connectivity index (χ4v) is 3.06. The highest BCUT2D eigenvalue weighted by Gasteiger charge is 2.15. The molecule has 5 heteroatoms.